The maximum Gasteiger partial charge on any atom is 0.340 e. The molecule has 0 saturated heterocycles. The average molecular weight is 398 g/mol. The Morgan fingerprint density at radius 3 is 2.29 bits per heavy atom. The van der Waals surface area contributed by atoms with Gasteiger partial charge >= 0.3 is 5.97 Å². The van der Waals surface area contributed by atoms with Gasteiger partial charge in [-0.1, -0.05) is 0 Å². The van der Waals surface area contributed by atoms with E-state index in [0.717, 1.165) is 11.3 Å². The lowest BCUT2D eigenvalue weighted by molar-refractivity contribution is 0.0601. The number of nitrogens with zero attached hydrogens (tertiary/aromatic N) is 1. The van der Waals surface area contributed by atoms with Gasteiger partial charge in [0.1, 0.15) is 22.2 Å². The Bertz CT molecular complexity index is 998. The first-order valence-corrected chi connectivity index (χ1v) is 9.11. The van der Waals surface area contributed by atoms with E-state index in [2.05, 4.69) is 10.3 Å². The predicted molar refractivity (Wildman–Crippen MR) is 106 cm³/mol. The first kappa shape index (κ1) is 19.4. The van der Waals surface area contributed by atoms with E-state index >= 15 is 0 Å². The molecule has 2 aromatic carbocycles. The number of esters is 1. The molecule has 3 rings (SSSR count). The number of thiazole rings is 1. The zero-order chi connectivity index (χ0) is 20.1. The highest BCUT2D eigenvalue weighted by molar-refractivity contribution is 7.13. The van der Waals surface area contributed by atoms with E-state index in [1.807, 2.05) is 24.3 Å². The molecule has 8 heteroatoms. The molecule has 0 bridgehead atoms. The van der Waals surface area contributed by atoms with Crippen LogP contribution in [0.2, 0.25) is 0 Å². The maximum atomic E-state index is 12.6. The second-order valence-corrected chi connectivity index (χ2v) is 6.48. The third kappa shape index (κ3) is 4.12. The molecule has 0 aliphatic rings. The van der Waals surface area contributed by atoms with Crippen LogP contribution in [0.15, 0.2) is 47.8 Å². The van der Waals surface area contributed by atoms with E-state index in [1.165, 1.54) is 31.6 Å². The van der Waals surface area contributed by atoms with Crippen molar-refractivity contribution < 1.29 is 23.8 Å². The molecule has 0 unspecified atom stereocenters. The van der Waals surface area contributed by atoms with Crippen LogP contribution in [0.1, 0.15) is 20.8 Å². The molecule has 1 heterocycles. The SMILES string of the molecule is COC(=O)c1cc(OC)ccc1NC(=O)c1csc(-c2ccc(OC)cc2)n1. The van der Waals surface area contributed by atoms with E-state index in [-0.39, 0.29) is 11.3 Å². The number of methoxy groups -OCH3 is 3. The summed E-state index contributed by atoms with van der Waals surface area (Å²) in [6.07, 6.45) is 0. The summed E-state index contributed by atoms with van der Waals surface area (Å²) in [5.41, 5.74) is 1.64. The Labute approximate surface area is 165 Å². The molecule has 7 nitrogen and oxygen atoms in total. The molecular formula is C20H18N2O5S. The van der Waals surface area contributed by atoms with Crippen LogP contribution >= 0.6 is 11.3 Å². The number of anilines is 1. The number of rotatable bonds is 6. The van der Waals surface area contributed by atoms with Gasteiger partial charge in [0, 0.05) is 10.9 Å². The third-order valence-electron chi connectivity index (χ3n) is 3.95. The molecule has 1 N–H and O–H groups in total. The zero-order valence-corrected chi connectivity index (χ0v) is 16.3. The highest BCUT2D eigenvalue weighted by Gasteiger charge is 2.18. The molecule has 0 saturated carbocycles. The first-order chi connectivity index (χ1) is 13.5. The Balaban J connectivity index is 1.82. The van der Waals surface area contributed by atoms with Crippen molar-refractivity contribution in [1.82, 2.24) is 4.98 Å². The van der Waals surface area contributed by atoms with Crippen molar-refractivity contribution in [1.29, 1.82) is 0 Å². The molecule has 28 heavy (non-hydrogen) atoms. The minimum atomic E-state index is -0.577. The third-order valence-corrected chi connectivity index (χ3v) is 4.85. The summed E-state index contributed by atoms with van der Waals surface area (Å²) in [5.74, 6) is 0.222. The lowest BCUT2D eigenvalue weighted by Gasteiger charge is -2.10. The van der Waals surface area contributed by atoms with Crippen LogP contribution in [0.5, 0.6) is 11.5 Å². The Morgan fingerprint density at radius 2 is 1.64 bits per heavy atom. The van der Waals surface area contributed by atoms with Crippen LogP contribution in [0.3, 0.4) is 0 Å². The number of carbonyl (C=O) groups is 2. The van der Waals surface area contributed by atoms with Gasteiger partial charge in [-0.15, -0.1) is 11.3 Å². The number of hydrogen-bond acceptors (Lipinski definition) is 7. The van der Waals surface area contributed by atoms with E-state index in [1.54, 1.807) is 24.6 Å². The van der Waals surface area contributed by atoms with Gasteiger partial charge in [0.15, 0.2) is 0 Å². The van der Waals surface area contributed by atoms with Gasteiger partial charge in [-0.2, -0.15) is 0 Å². The van der Waals surface area contributed by atoms with Crippen molar-refractivity contribution >= 4 is 28.9 Å². The minimum Gasteiger partial charge on any atom is -0.497 e. The number of ether oxygens (including phenoxy) is 3. The number of hydrogen-bond donors (Lipinski definition) is 1. The van der Waals surface area contributed by atoms with Gasteiger partial charge in [-0.3, -0.25) is 4.79 Å². The van der Waals surface area contributed by atoms with Gasteiger partial charge in [-0.05, 0) is 42.5 Å². The molecule has 3 aromatic rings. The molecule has 1 amide bonds. The van der Waals surface area contributed by atoms with Crippen LogP contribution in [-0.4, -0.2) is 38.2 Å². The summed E-state index contributed by atoms with van der Waals surface area (Å²) in [6.45, 7) is 0. The van der Waals surface area contributed by atoms with Crippen molar-refractivity contribution in [2.45, 2.75) is 0 Å². The van der Waals surface area contributed by atoms with E-state index in [4.69, 9.17) is 14.2 Å². The second kappa shape index (κ2) is 8.53. The molecule has 0 fully saturated rings. The van der Waals surface area contributed by atoms with Gasteiger partial charge in [0.25, 0.3) is 5.91 Å². The van der Waals surface area contributed by atoms with Crippen molar-refractivity contribution in [3.63, 3.8) is 0 Å². The molecule has 0 aliphatic carbocycles. The largest absolute Gasteiger partial charge is 0.497 e. The van der Waals surface area contributed by atoms with Crippen molar-refractivity contribution in [2.24, 2.45) is 0 Å². The van der Waals surface area contributed by atoms with Gasteiger partial charge in [0.2, 0.25) is 0 Å². The number of benzene rings is 2. The fraction of sp³-hybridized carbons (Fsp3) is 0.150. The van der Waals surface area contributed by atoms with Crippen LogP contribution in [0, 0.1) is 0 Å². The number of carbonyl (C=O) groups excluding carboxylic acids is 2. The lowest BCUT2D eigenvalue weighted by Crippen LogP contribution is -2.16. The highest BCUT2D eigenvalue weighted by Crippen LogP contribution is 2.27. The van der Waals surface area contributed by atoms with Gasteiger partial charge in [0.05, 0.1) is 32.6 Å². The fourth-order valence-corrected chi connectivity index (χ4v) is 3.27. The molecule has 0 radical (unpaired) electrons. The standard InChI is InChI=1S/C20H18N2O5S/c1-25-13-6-4-12(5-7-13)19-22-17(11-28-19)18(23)21-16-9-8-14(26-2)10-15(16)20(24)27-3/h4-11H,1-3H3,(H,21,23). The zero-order valence-electron chi connectivity index (χ0n) is 15.5. The monoisotopic (exact) mass is 398 g/mol. The van der Waals surface area contributed by atoms with Crippen LogP contribution < -0.4 is 14.8 Å². The lowest BCUT2D eigenvalue weighted by atomic mass is 10.1. The predicted octanol–water partition coefficient (Wildman–Crippen LogP) is 3.87. The summed E-state index contributed by atoms with van der Waals surface area (Å²) >= 11 is 1.35. The summed E-state index contributed by atoms with van der Waals surface area (Å²) in [7, 11) is 4.36. The molecule has 144 valence electrons. The first-order valence-electron chi connectivity index (χ1n) is 8.23. The average Bonchev–Trinajstić information content (AvgIpc) is 3.24. The highest BCUT2D eigenvalue weighted by atomic mass is 32.1. The van der Waals surface area contributed by atoms with E-state index in [0.29, 0.717) is 16.4 Å². The van der Waals surface area contributed by atoms with Crippen molar-refractivity contribution in [3.05, 3.63) is 59.1 Å². The molecule has 0 spiro atoms. The Kier molecular flexibility index (Phi) is 5.90. The molecular weight excluding hydrogens is 380 g/mol. The fourth-order valence-electron chi connectivity index (χ4n) is 2.47. The number of amides is 1. The van der Waals surface area contributed by atoms with Crippen LogP contribution in [-0.2, 0) is 4.74 Å². The van der Waals surface area contributed by atoms with Crippen LogP contribution in [0.25, 0.3) is 10.6 Å². The number of nitrogens with one attached hydrogen (secondary N) is 1. The molecule has 0 atom stereocenters. The molecule has 0 aliphatic heterocycles. The topological polar surface area (TPSA) is 86.8 Å². The summed E-state index contributed by atoms with van der Waals surface area (Å²) < 4.78 is 15.0. The van der Waals surface area contributed by atoms with Crippen molar-refractivity contribution in [3.8, 4) is 22.1 Å². The summed E-state index contributed by atoms with van der Waals surface area (Å²) in [6, 6.07) is 12.1. The maximum absolute atomic E-state index is 12.6. The van der Waals surface area contributed by atoms with Crippen LogP contribution in [0.4, 0.5) is 5.69 Å². The Hall–Kier alpha value is -3.39. The van der Waals surface area contributed by atoms with E-state index in [9.17, 15) is 9.59 Å². The number of aromatic nitrogens is 1. The van der Waals surface area contributed by atoms with Crippen molar-refractivity contribution in [2.75, 3.05) is 26.6 Å². The molecule has 1 aromatic heterocycles. The summed E-state index contributed by atoms with van der Waals surface area (Å²) in [4.78, 5) is 29.0. The normalized spacial score (nSPS) is 10.2. The summed E-state index contributed by atoms with van der Waals surface area (Å²) in [5, 5.41) is 5.07. The van der Waals surface area contributed by atoms with Gasteiger partial charge in [-0.25, -0.2) is 9.78 Å². The second-order valence-electron chi connectivity index (χ2n) is 5.62. The Morgan fingerprint density at radius 1 is 0.964 bits per heavy atom. The van der Waals surface area contributed by atoms with Gasteiger partial charge < -0.3 is 19.5 Å². The smallest absolute Gasteiger partial charge is 0.340 e. The minimum absolute atomic E-state index is 0.195. The quantitative estimate of drug-likeness (QED) is 0.635. The van der Waals surface area contributed by atoms with E-state index < -0.39 is 11.9 Å².